The summed E-state index contributed by atoms with van der Waals surface area (Å²) in [6, 6.07) is 61.8. The lowest BCUT2D eigenvalue weighted by atomic mass is 9.87. The molecule has 4 N–H and O–H groups in total. The van der Waals surface area contributed by atoms with E-state index in [4.69, 9.17) is 5.73 Å². The summed E-state index contributed by atoms with van der Waals surface area (Å²) in [6.07, 6.45) is 12.0. The first-order valence-corrected chi connectivity index (χ1v) is 19.9. The van der Waals surface area contributed by atoms with Gasteiger partial charge in [-0.25, -0.2) is 0 Å². The first-order valence-electron chi connectivity index (χ1n) is 19.9. The van der Waals surface area contributed by atoms with Crippen molar-refractivity contribution < 1.29 is 0 Å². The van der Waals surface area contributed by atoms with Crippen LogP contribution in [0.4, 0.5) is 0 Å². The molecule has 0 saturated carbocycles. The molecule has 1 aliphatic rings. The van der Waals surface area contributed by atoms with Gasteiger partial charge in [0.05, 0.1) is 18.2 Å². The highest BCUT2D eigenvalue weighted by atomic mass is 15.1. The summed E-state index contributed by atoms with van der Waals surface area (Å²) in [5.74, 6) is 0.0736. The Labute approximate surface area is 342 Å². The van der Waals surface area contributed by atoms with Crippen molar-refractivity contribution >= 4 is 5.57 Å². The Hall–Kier alpha value is -6.10. The summed E-state index contributed by atoms with van der Waals surface area (Å²) in [7, 11) is 1.86. The van der Waals surface area contributed by atoms with Crippen LogP contribution in [0.15, 0.2) is 231 Å². The highest BCUT2D eigenvalue weighted by Crippen LogP contribution is 2.42. The average molecular weight is 750 g/mol. The van der Waals surface area contributed by atoms with Gasteiger partial charge in [-0.3, -0.25) is 5.32 Å². The maximum atomic E-state index is 6.16. The van der Waals surface area contributed by atoms with Crippen molar-refractivity contribution in [1.82, 2.24) is 10.6 Å². The highest BCUT2D eigenvalue weighted by molar-refractivity contribution is 5.76. The second-order valence-electron chi connectivity index (χ2n) is 13.2. The highest BCUT2D eigenvalue weighted by Gasteiger charge is 2.38. The lowest BCUT2D eigenvalue weighted by molar-refractivity contribution is 0.622. The normalized spacial score (nSPS) is 15.6. The Morgan fingerprint density at radius 2 is 1.12 bits per heavy atom. The molecule has 4 unspecified atom stereocenters. The molecule has 7 rings (SSSR count). The lowest BCUT2D eigenvalue weighted by Crippen LogP contribution is -2.24. The number of allylic oxidation sites excluding steroid dienone is 8. The minimum Gasteiger partial charge on any atom is -0.312 e. The van der Waals surface area contributed by atoms with Crippen molar-refractivity contribution in [1.29, 1.82) is 0 Å². The molecule has 1 aliphatic heterocycles. The van der Waals surface area contributed by atoms with Crippen LogP contribution in [0.25, 0.3) is 16.7 Å². The molecule has 0 bridgehead atoms. The Kier molecular flexibility index (Phi) is 18.7. The molecule has 0 aliphatic carbocycles. The summed E-state index contributed by atoms with van der Waals surface area (Å²) < 4.78 is 0. The monoisotopic (exact) mass is 749 g/mol. The Balaban J connectivity index is 0.000000216. The van der Waals surface area contributed by atoms with Crippen molar-refractivity contribution in [3.63, 3.8) is 0 Å². The van der Waals surface area contributed by atoms with Gasteiger partial charge in [0.2, 0.25) is 0 Å². The van der Waals surface area contributed by atoms with Crippen LogP contribution in [0, 0.1) is 0 Å². The van der Waals surface area contributed by atoms with Gasteiger partial charge in [-0.15, -0.1) is 0 Å². The van der Waals surface area contributed by atoms with Crippen LogP contribution in [0.3, 0.4) is 0 Å². The molecular weight excluding hydrogens is 691 g/mol. The van der Waals surface area contributed by atoms with Gasteiger partial charge in [0.15, 0.2) is 0 Å². The van der Waals surface area contributed by atoms with E-state index in [1.165, 1.54) is 27.8 Å². The van der Waals surface area contributed by atoms with Crippen LogP contribution >= 0.6 is 0 Å². The smallest absolute Gasteiger partial charge is 0.0807 e. The third-order valence-electron chi connectivity index (χ3n) is 9.43. The molecule has 0 spiro atoms. The molecule has 3 heteroatoms. The molecule has 290 valence electrons. The Morgan fingerprint density at radius 3 is 1.65 bits per heavy atom. The quantitative estimate of drug-likeness (QED) is 0.0663. The third kappa shape index (κ3) is 13.6. The van der Waals surface area contributed by atoms with E-state index in [2.05, 4.69) is 163 Å². The second-order valence-corrected chi connectivity index (χ2v) is 13.2. The molecule has 4 atom stereocenters. The van der Waals surface area contributed by atoms with Crippen LogP contribution in [-0.4, -0.2) is 7.05 Å². The van der Waals surface area contributed by atoms with Crippen molar-refractivity contribution in [2.75, 3.05) is 7.05 Å². The maximum absolute atomic E-state index is 6.16. The molecule has 0 amide bonds. The Bertz CT molecular complexity index is 2090. The van der Waals surface area contributed by atoms with E-state index >= 15 is 0 Å². The third-order valence-corrected chi connectivity index (χ3v) is 9.43. The molecule has 57 heavy (non-hydrogen) atoms. The fourth-order valence-corrected chi connectivity index (χ4v) is 6.44. The number of rotatable bonds is 12. The number of hydrogen-bond acceptors (Lipinski definition) is 3. The molecule has 1 saturated heterocycles. The maximum Gasteiger partial charge on any atom is 0.0807 e. The van der Waals surface area contributed by atoms with Crippen LogP contribution < -0.4 is 16.4 Å². The van der Waals surface area contributed by atoms with Crippen molar-refractivity contribution in [2.45, 2.75) is 44.9 Å². The topological polar surface area (TPSA) is 60.0 Å². The van der Waals surface area contributed by atoms with E-state index in [-0.39, 0.29) is 12.1 Å². The summed E-state index contributed by atoms with van der Waals surface area (Å²) >= 11 is 0. The number of benzene rings is 6. The molecule has 6 aromatic rings. The van der Waals surface area contributed by atoms with E-state index in [1.54, 1.807) is 0 Å². The van der Waals surface area contributed by atoms with Crippen LogP contribution in [0.1, 0.15) is 72.8 Å². The van der Waals surface area contributed by atoms with Gasteiger partial charge in [0, 0.05) is 5.92 Å². The minimum absolute atomic E-state index is 0.0736. The number of nitrogens with two attached hydrogens (primary N) is 1. The zero-order valence-electron chi connectivity index (χ0n) is 34.0. The van der Waals surface area contributed by atoms with Crippen molar-refractivity contribution in [3.05, 3.63) is 259 Å². The number of nitrogens with one attached hydrogen (secondary N) is 2. The van der Waals surface area contributed by atoms with E-state index < -0.39 is 0 Å². The summed E-state index contributed by atoms with van der Waals surface area (Å²) in [5, 5.41) is 6.66. The van der Waals surface area contributed by atoms with Gasteiger partial charge < -0.3 is 11.1 Å². The largest absolute Gasteiger partial charge is 0.312 e. The molecule has 1 heterocycles. The van der Waals surface area contributed by atoms with E-state index in [1.807, 2.05) is 101 Å². The molecule has 1 fully saturated rings. The van der Waals surface area contributed by atoms with Crippen molar-refractivity contribution in [2.24, 2.45) is 5.73 Å². The second kappa shape index (κ2) is 24.4. The summed E-state index contributed by atoms with van der Waals surface area (Å²) in [4.78, 5) is 0. The Morgan fingerprint density at radius 1 is 0.632 bits per heavy atom. The van der Waals surface area contributed by atoms with E-state index in [0.717, 1.165) is 22.3 Å². The van der Waals surface area contributed by atoms with Gasteiger partial charge in [-0.05, 0) is 70.1 Å². The molecule has 0 radical (unpaired) electrons. The zero-order chi connectivity index (χ0) is 40.7. The molecular formula is C54H59N3. The van der Waals surface area contributed by atoms with Crippen LogP contribution in [-0.2, 0) is 0 Å². The van der Waals surface area contributed by atoms with Crippen LogP contribution in [0.5, 0.6) is 0 Å². The minimum atomic E-state index is -0.193. The standard InChI is InChI=1S/C26H30N2.C20H17N.C6H6.C2H6/c1-5-12-20(7-3)25(21-14-9-8-10-15-21)19-22(13-6-2)23-16-11-17-24(18-23)26(27)28-4;1-3-7-15(8-4-1)16-11-13-18(14-12-16)20-19(21-20)17-9-5-2-6-10-17;1-2-4-6-5-3-1;1-2/h5-19,25-26,28H,1,3,27H2,2,4H3;1-14,19-21H;1-6H;1-2H3/b13-6-,20-12+,22-19+;;;. The van der Waals surface area contributed by atoms with E-state index in [9.17, 15) is 0 Å². The fourth-order valence-electron chi connectivity index (χ4n) is 6.44. The SMILES string of the molecule is C=C/C=C(\C=C)C(/C=C(\C=C/C)c1cccc(C(N)NC)c1)c1ccccc1.CC.c1ccc(-c2ccc(C3NC3c3ccccc3)cc2)cc1.c1ccccc1. The molecule has 0 aromatic heterocycles. The molecule has 6 aromatic carbocycles. The predicted octanol–water partition coefficient (Wildman–Crippen LogP) is 13.4. The van der Waals surface area contributed by atoms with E-state index in [0.29, 0.717) is 12.1 Å². The van der Waals surface area contributed by atoms with Gasteiger partial charge >= 0.3 is 0 Å². The van der Waals surface area contributed by atoms with Gasteiger partial charge in [-0.2, -0.15) is 0 Å². The lowest BCUT2D eigenvalue weighted by Gasteiger charge is -2.18. The fraction of sp³-hybridized carbons (Fsp3) is 0.148. The first-order chi connectivity index (χ1) is 28.1. The predicted molar refractivity (Wildman–Crippen MR) is 248 cm³/mol. The zero-order valence-corrected chi connectivity index (χ0v) is 34.0. The van der Waals surface area contributed by atoms with Crippen LogP contribution in [0.2, 0.25) is 0 Å². The van der Waals surface area contributed by atoms with Gasteiger partial charge in [0.25, 0.3) is 0 Å². The summed E-state index contributed by atoms with van der Waals surface area (Å²) in [5.41, 5.74) is 17.1. The van der Waals surface area contributed by atoms with Gasteiger partial charge in [-0.1, -0.05) is 233 Å². The van der Waals surface area contributed by atoms with Crippen molar-refractivity contribution in [3.8, 4) is 11.1 Å². The first kappa shape index (κ1) is 43.6. The number of hydrogen-bond donors (Lipinski definition) is 3. The van der Waals surface area contributed by atoms with Gasteiger partial charge in [0.1, 0.15) is 0 Å². The molecule has 3 nitrogen and oxygen atoms in total. The average Bonchev–Trinajstić information content (AvgIpc) is 4.11. The summed E-state index contributed by atoms with van der Waals surface area (Å²) in [6.45, 7) is 13.9.